The van der Waals surface area contributed by atoms with Crippen molar-refractivity contribution in [2.24, 2.45) is 0 Å². The van der Waals surface area contributed by atoms with Crippen molar-refractivity contribution in [1.82, 2.24) is 4.90 Å². The fraction of sp³-hybridized carbons (Fsp3) is 0.350. The first-order chi connectivity index (χ1) is 12.7. The standard InChI is InChI=1S/C20H19ClN2O3/c21-15-10-12(11-17-18(15)26-9-3-8-25-17)19-22-16-5-2-1-4-14(16)20(24)23(19)13-6-7-13/h1-2,4-5,10-11,13,19,22H,3,6-9H2/t19-/m1/s1. The van der Waals surface area contributed by atoms with E-state index >= 15 is 0 Å². The van der Waals surface area contributed by atoms with Crippen molar-refractivity contribution in [1.29, 1.82) is 0 Å². The lowest BCUT2D eigenvalue weighted by atomic mass is 10.0. The minimum absolute atomic E-state index is 0.0649. The van der Waals surface area contributed by atoms with Gasteiger partial charge in [0, 0.05) is 23.7 Å². The van der Waals surface area contributed by atoms with Crippen LogP contribution in [0.3, 0.4) is 0 Å². The molecular formula is C20H19ClN2O3. The second kappa shape index (κ2) is 6.09. The molecule has 1 fully saturated rings. The molecule has 1 atom stereocenters. The Morgan fingerprint density at radius 1 is 1.12 bits per heavy atom. The minimum Gasteiger partial charge on any atom is -0.489 e. The van der Waals surface area contributed by atoms with Gasteiger partial charge in [-0.15, -0.1) is 0 Å². The maximum absolute atomic E-state index is 13.1. The molecule has 0 spiro atoms. The fourth-order valence-electron chi connectivity index (χ4n) is 3.65. The monoisotopic (exact) mass is 370 g/mol. The summed E-state index contributed by atoms with van der Waals surface area (Å²) in [5.74, 6) is 1.30. The van der Waals surface area contributed by atoms with Gasteiger partial charge in [-0.25, -0.2) is 0 Å². The normalized spacial score (nSPS) is 21.7. The Kier molecular flexibility index (Phi) is 3.71. The zero-order valence-corrected chi connectivity index (χ0v) is 15.0. The summed E-state index contributed by atoms with van der Waals surface area (Å²) in [5, 5.41) is 4.03. The largest absolute Gasteiger partial charge is 0.489 e. The number of carbonyl (C=O) groups is 1. The third-order valence-electron chi connectivity index (χ3n) is 5.04. The highest BCUT2D eigenvalue weighted by atomic mass is 35.5. The van der Waals surface area contributed by atoms with E-state index in [-0.39, 0.29) is 18.1 Å². The second-order valence-corrected chi connectivity index (χ2v) is 7.32. The van der Waals surface area contributed by atoms with Crippen molar-refractivity contribution in [3.63, 3.8) is 0 Å². The molecule has 0 unspecified atom stereocenters. The van der Waals surface area contributed by atoms with Crippen LogP contribution in [0.1, 0.15) is 41.3 Å². The van der Waals surface area contributed by atoms with Crippen LogP contribution in [-0.4, -0.2) is 30.1 Å². The molecule has 26 heavy (non-hydrogen) atoms. The number of anilines is 1. The summed E-state index contributed by atoms with van der Waals surface area (Å²) in [6.45, 7) is 1.19. The Morgan fingerprint density at radius 3 is 2.77 bits per heavy atom. The van der Waals surface area contributed by atoms with Crippen LogP contribution in [0.25, 0.3) is 0 Å². The molecule has 5 rings (SSSR count). The van der Waals surface area contributed by atoms with Crippen LogP contribution in [0.2, 0.25) is 5.02 Å². The number of nitrogens with one attached hydrogen (secondary N) is 1. The minimum atomic E-state index is -0.264. The van der Waals surface area contributed by atoms with E-state index in [2.05, 4.69) is 5.32 Å². The molecule has 134 valence electrons. The molecule has 1 amide bonds. The van der Waals surface area contributed by atoms with Crippen molar-refractivity contribution in [2.75, 3.05) is 18.5 Å². The van der Waals surface area contributed by atoms with Gasteiger partial charge in [0.25, 0.3) is 5.91 Å². The van der Waals surface area contributed by atoms with E-state index in [0.29, 0.717) is 29.7 Å². The number of hydrogen-bond acceptors (Lipinski definition) is 4. The smallest absolute Gasteiger partial charge is 0.258 e. The van der Waals surface area contributed by atoms with Gasteiger partial charge >= 0.3 is 0 Å². The number of halogens is 1. The van der Waals surface area contributed by atoms with E-state index in [1.165, 1.54) is 0 Å². The first kappa shape index (κ1) is 15.8. The van der Waals surface area contributed by atoms with Gasteiger partial charge in [-0.05, 0) is 37.1 Å². The molecule has 6 heteroatoms. The number of fused-ring (bicyclic) bond motifs is 2. The number of carbonyl (C=O) groups excluding carboxylic acids is 1. The molecule has 1 saturated carbocycles. The number of rotatable bonds is 2. The number of benzene rings is 2. The predicted molar refractivity (Wildman–Crippen MR) is 99.1 cm³/mol. The van der Waals surface area contributed by atoms with Gasteiger partial charge < -0.3 is 19.7 Å². The SMILES string of the molecule is O=C1c2ccccc2N[C@@H](c2cc(Cl)c3c(c2)OCCCO3)N1C1CC1. The van der Waals surface area contributed by atoms with Crippen LogP contribution in [-0.2, 0) is 0 Å². The topological polar surface area (TPSA) is 50.8 Å². The van der Waals surface area contributed by atoms with E-state index in [4.69, 9.17) is 21.1 Å². The van der Waals surface area contributed by atoms with Gasteiger partial charge in [-0.3, -0.25) is 4.79 Å². The lowest BCUT2D eigenvalue weighted by Crippen LogP contribution is -2.44. The van der Waals surface area contributed by atoms with Crippen LogP contribution >= 0.6 is 11.6 Å². The van der Waals surface area contributed by atoms with Crippen LogP contribution in [0.15, 0.2) is 36.4 Å². The number of nitrogens with zero attached hydrogens (tertiary/aromatic N) is 1. The zero-order valence-electron chi connectivity index (χ0n) is 14.2. The molecule has 2 heterocycles. The zero-order chi connectivity index (χ0) is 17.7. The van der Waals surface area contributed by atoms with Crippen LogP contribution in [0, 0.1) is 0 Å². The van der Waals surface area contributed by atoms with Crippen LogP contribution in [0.4, 0.5) is 5.69 Å². The molecule has 1 N–H and O–H groups in total. The predicted octanol–water partition coefficient (Wildman–Crippen LogP) is 4.23. The first-order valence-corrected chi connectivity index (χ1v) is 9.37. The van der Waals surface area contributed by atoms with Crippen LogP contribution < -0.4 is 14.8 Å². The molecule has 0 saturated heterocycles. The molecule has 3 aliphatic rings. The van der Waals surface area contributed by atoms with Crippen molar-refractivity contribution < 1.29 is 14.3 Å². The van der Waals surface area contributed by atoms with E-state index in [0.717, 1.165) is 36.1 Å². The van der Waals surface area contributed by atoms with Gasteiger partial charge in [0.15, 0.2) is 11.5 Å². The maximum atomic E-state index is 13.1. The molecular weight excluding hydrogens is 352 g/mol. The Hall–Kier alpha value is -2.40. The summed E-state index contributed by atoms with van der Waals surface area (Å²) >= 11 is 6.48. The summed E-state index contributed by atoms with van der Waals surface area (Å²) in [7, 11) is 0. The quantitative estimate of drug-likeness (QED) is 0.859. The van der Waals surface area contributed by atoms with Gasteiger partial charge in [0.1, 0.15) is 6.17 Å². The molecule has 2 aromatic rings. The Bertz CT molecular complexity index is 881. The van der Waals surface area contributed by atoms with Crippen molar-refractivity contribution in [3.8, 4) is 11.5 Å². The molecule has 1 aliphatic carbocycles. The average Bonchev–Trinajstić information content (AvgIpc) is 3.48. The van der Waals surface area contributed by atoms with Gasteiger partial charge in [0.2, 0.25) is 0 Å². The van der Waals surface area contributed by atoms with E-state index in [9.17, 15) is 4.79 Å². The lowest BCUT2D eigenvalue weighted by molar-refractivity contribution is 0.0666. The van der Waals surface area contributed by atoms with Crippen molar-refractivity contribution in [2.45, 2.75) is 31.5 Å². The summed E-state index contributed by atoms with van der Waals surface area (Å²) < 4.78 is 11.6. The van der Waals surface area contributed by atoms with Crippen molar-refractivity contribution in [3.05, 3.63) is 52.5 Å². The van der Waals surface area contributed by atoms with Gasteiger partial charge in [-0.2, -0.15) is 0 Å². The van der Waals surface area contributed by atoms with E-state index < -0.39 is 0 Å². The maximum Gasteiger partial charge on any atom is 0.258 e. The molecule has 0 aromatic heterocycles. The first-order valence-electron chi connectivity index (χ1n) is 8.99. The molecule has 2 aliphatic heterocycles. The Morgan fingerprint density at radius 2 is 1.92 bits per heavy atom. The highest BCUT2D eigenvalue weighted by Crippen LogP contribution is 2.45. The number of amides is 1. The number of para-hydroxylation sites is 1. The molecule has 0 bridgehead atoms. The Balaban J connectivity index is 1.59. The highest BCUT2D eigenvalue weighted by molar-refractivity contribution is 6.32. The summed E-state index contributed by atoms with van der Waals surface area (Å²) in [4.78, 5) is 15.1. The fourth-order valence-corrected chi connectivity index (χ4v) is 3.92. The summed E-state index contributed by atoms with van der Waals surface area (Å²) in [6, 6.07) is 11.7. The average molecular weight is 371 g/mol. The second-order valence-electron chi connectivity index (χ2n) is 6.92. The van der Waals surface area contributed by atoms with E-state index in [1.54, 1.807) is 0 Å². The third-order valence-corrected chi connectivity index (χ3v) is 5.32. The van der Waals surface area contributed by atoms with Crippen molar-refractivity contribution >= 4 is 23.2 Å². The summed E-state index contributed by atoms with van der Waals surface area (Å²) in [5.41, 5.74) is 2.48. The molecule has 2 aromatic carbocycles. The number of ether oxygens (including phenoxy) is 2. The van der Waals surface area contributed by atoms with E-state index in [1.807, 2.05) is 41.3 Å². The number of hydrogen-bond donors (Lipinski definition) is 1. The summed E-state index contributed by atoms with van der Waals surface area (Å²) in [6.07, 6.45) is 2.62. The molecule has 5 nitrogen and oxygen atoms in total. The highest BCUT2D eigenvalue weighted by Gasteiger charge is 2.42. The third kappa shape index (κ3) is 2.58. The molecule has 0 radical (unpaired) electrons. The lowest BCUT2D eigenvalue weighted by Gasteiger charge is -2.38. The Labute approximate surface area is 156 Å². The van der Waals surface area contributed by atoms with Gasteiger partial charge in [-0.1, -0.05) is 23.7 Å². The van der Waals surface area contributed by atoms with Crippen LogP contribution in [0.5, 0.6) is 11.5 Å². The van der Waals surface area contributed by atoms with Gasteiger partial charge in [0.05, 0.1) is 23.8 Å².